The third kappa shape index (κ3) is 1.95. The van der Waals surface area contributed by atoms with Gasteiger partial charge in [-0.3, -0.25) is 4.98 Å². The summed E-state index contributed by atoms with van der Waals surface area (Å²) in [5.41, 5.74) is 5.61. The lowest BCUT2D eigenvalue weighted by atomic mass is 10.4. The Balaban J connectivity index is 2.16. The number of hydrogen-bond acceptors (Lipinski definition) is 4. The summed E-state index contributed by atoms with van der Waals surface area (Å²) in [6, 6.07) is 0.672. The molecule has 0 saturated heterocycles. The second-order valence-electron chi connectivity index (χ2n) is 3.73. The van der Waals surface area contributed by atoms with Gasteiger partial charge in [0.25, 0.3) is 0 Å². The standard InChI is InChI=1S/C10H16N4/c1-2-5-14(8-3-4-8)10-7-12-6-9(11)13-10/h6-8H,2-5H2,1H3,(H2,11,13). The predicted molar refractivity (Wildman–Crippen MR) is 57.1 cm³/mol. The van der Waals surface area contributed by atoms with Gasteiger partial charge in [-0.25, -0.2) is 4.98 Å². The molecule has 1 aromatic heterocycles. The first-order valence-corrected chi connectivity index (χ1v) is 5.15. The molecule has 1 fully saturated rings. The number of nitrogen functional groups attached to an aromatic ring is 1. The minimum absolute atomic E-state index is 0.504. The normalized spacial score (nSPS) is 15.5. The minimum Gasteiger partial charge on any atom is -0.382 e. The Morgan fingerprint density at radius 2 is 2.29 bits per heavy atom. The van der Waals surface area contributed by atoms with Gasteiger partial charge < -0.3 is 10.6 Å². The lowest BCUT2D eigenvalue weighted by Gasteiger charge is -2.22. The zero-order valence-corrected chi connectivity index (χ0v) is 8.48. The van der Waals surface area contributed by atoms with Gasteiger partial charge in [-0.2, -0.15) is 0 Å². The highest BCUT2D eigenvalue weighted by atomic mass is 15.2. The first kappa shape index (κ1) is 9.24. The van der Waals surface area contributed by atoms with Crippen molar-refractivity contribution >= 4 is 11.6 Å². The molecule has 0 aliphatic heterocycles. The van der Waals surface area contributed by atoms with E-state index in [2.05, 4.69) is 21.8 Å². The van der Waals surface area contributed by atoms with Gasteiger partial charge in [-0.05, 0) is 19.3 Å². The maximum absolute atomic E-state index is 5.61. The highest BCUT2D eigenvalue weighted by Crippen LogP contribution is 2.30. The lowest BCUT2D eigenvalue weighted by molar-refractivity contribution is 0.748. The zero-order chi connectivity index (χ0) is 9.97. The van der Waals surface area contributed by atoms with E-state index < -0.39 is 0 Å². The Morgan fingerprint density at radius 1 is 1.50 bits per heavy atom. The van der Waals surface area contributed by atoms with E-state index in [0.717, 1.165) is 18.8 Å². The van der Waals surface area contributed by atoms with Crippen LogP contribution in [-0.4, -0.2) is 22.6 Å². The summed E-state index contributed by atoms with van der Waals surface area (Å²) in [6.45, 7) is 3.22. The van der Waals surface area contributed by atoms with Gasteiger partial charge in [0.15, 0.2) is 0 Å². The number of hydrogen-bond donors (Lipinski definition) is 1. The van der Waals surface area contributed by atoms with Crippen LogP contribution in [-0.2, 0) is 0 Å². The van der Waals surface area contributed by atoms with E-state index in [4.69, 9.17) is 5.73 Å². The van der Waals surface area contributed by atoms with Crippen LogP contribution in [0.25, 0.3) is 0 Å². The van der Waals surface area contributed by atoms with Gasteiger partial charge in [-0.15, -0.1) is 0 Å². The van der Waals surface area contributed by atoms with Crippen LogP contribution in [0.4, 0.5) is 11.6 Å². The van der Waals surface area contributed by atoms with E-state index in [1.165, 1.54) is 12.8 Å². The van der Waals surface area contributed by atoms with Crippen molar-refractivity contribution < 1.29 is 0 Å². The van der Waals surface area contributed by atoms with Crippen molar-refractivity contribution in [3.63, 3.8) is 0 Å². The van der Waals surface area contributed by atoms with Crippen LogP contribution in [0.2, 0.25) is 0 Å². The Labute approximate surface area is 84.2 Å². The van der Waals surface area contributed by atoms with Gasteiger partial charge in [0.05, 0.1) is 12.4 Å². The second kappa shape index (κ2) is 3.82. The summed E-state index contributed by atoms with van der Waals surface area (Å²) in [7, 11) is 0. The van der Waals surface area contributed by atoms with Crippen molar-refractivity contribution in [3.8, 4) is 0 Å². The molecule has 4 heteroatoms. The van der Waals surface area contributed by atoms with Crippen LogP contribution in [0.5, 0.6) is 0 Å². The van der Waals surface area contributed by atoms with E-state index in [1.807, 2.05) is 0 Å². The summed E-state index contributed by atoms with van der Waals surface area (Å²) in [5.74, 6) is 1.43. The van der Waals surface area contributed by atoms with Crippen LogP contribution in [0.1, 0.15) is 26.2 Å². The fraction of sp³-hybridized carbons (Fsp3) is 0.600. The van der Waals surface area contributed by atoms with E-state index in [0.29, 0.717) is 11.9 Å². The highest BCUT2D eigenvalue weighted by Gasteiger charge is 2.29. The summed E-state index contributed by atoms with van der Waals surface area (Å²) in [5, 5.41) is 0. The van der Waals surface area contributed by atoms with E-state index >= 15 is 0 Å². The molecule has 0 aromatic carbocycles. The van der Waals surface area contributed by atoms with Gasteiger partial charge in [0.2, 0.25) is 0 Å². The van der Waals surface area contributed by atoms with Gasteiger partial charge in [-0.1, -0.05) is 6.92 Å². The number of anilines is 2. The average molecular weight is 192 g/mol. The summed E-state index contributed by atoms with van der Waals surface area (Å²) < 4.78 is 0. The monoisotopic (exact) mass is 192 g/mol. The molecular weight excluding hydrogens is 176 g/mol. The fourth-order valence-electron chi connectivity index (χ4n) is 1.62. The second-order valence-corrected chi connectivity index (χ2v) is 3.73. The molecule has 4 nitrogen and oxygen atoms in total. The van der Waals surface area contributed by atoms with E-state index in [1.54, 1.807) is 12.4 Å². The van der Waals surface area contributed by atoms with Gasteiger partial charge >= 0.3 is 0 Å². The van der Waals surface area contributed by atoms with E-state index in [-0.39, 0.29) is 0 Å². The molecule has 1 aromatic rings. The number of nitrogens with zero attached hydrogens (tertiary/aromatic N) is 3. The Kier molecular flexibility index (Phi) is 2.52. The molecule has 0 radical (unpaired) electrons. The maximum atomic E-state index is 5.61. The largest absolute Gasteiger partial charge is 0.382 e. The van der Waals surface area contributed by atoms with Gasteiger partial charge in [0, 0.05) is 12.6 Å². The molecule has 0 spiro atoms. The van der Waals surface area contributed by atoms with Crippen molar-refractivity contribution in [1.82, 2.24) is 9.97 Å². The molecule has 0 bridgehead atoms. The molecule has 1 saturated carbocycles. The SMILES string of the molecule is CCCN(c1cncc(N)n1)C1CC1. The van der Waals surface area contributed by atoms with E-state index in [9.17, 15) is 0 Å². The number of nitrogens with two attached hydrogens (primary N) is 1. The quantitative estimate of drug-likeness (QED) is 0.784. The van der Waals surface area contributed by atoms with Crippen LogP contribution in [0, 0.1) is 0 Å². The maximum Gasteiger partial charge on any atom is 0.149 e. The van der Waals surface area contributed by atoms with Crippen molar-refractivity contribution in [2.24, 2.45) is 0 Å². The van der Waals surface area contributed by atoms with Crippen LogP contribution in [0.3, 0.4) is 0 Å². The molecule has 0 atom stereocenters. The summed E-state index contributed by atoms with van der Waals surface area (Å²) in [6.07, 6.45) is 7.06. The smallest absolute Gasteiger partial charge is 0.149 e. The van der Waals surface area contributed by atoms with Crippen LogP contribution in [0.15, 0.2) is 12.4 Å². The van der Waals surface area contributed by atoms with Crippen molar-refractivity contribution in [1.29, 1.82) is 0 Å². The molecule has 2 rings (SSSR count). The first-order chi connectivity index (χ1) is 6.81. The molecule has 0 unspecified atom stereocenters. The highest BCUT2D eigenvalue weighted by molar-refractivity contribution is 5.43. The van der Waals surface area contributed by atoms with Gasteiger partial charge in [0.1, 0.15) is 11.6 Å². The molecule has 14 heavy (non-hydrogen) atoms. The predicted octanol–water partition coefficient (Wildman–Crippen LogP) is 1.44. The third-order valence-electron chi connectivity index (χ3n) is 2.39. The van der Waals surface area contributed by atoms with Crippen molar-refractivity contribution in [3.05, 3.63) is 12.4 Å². The topological polar surface area (TPSA) is 55.0 Å². The summed E-state index contributed by atoms with van der Waals surface area (Å²) >= 11 is 0. The summed E-state index contributed by atoms with van der Waals surface area (Å²) in [4.78, 5) is 10.7. The molecule has 1 heterocycles. The zero-order valence-electron chi connectivity index (χ0n) is 8.48. The first-order valence-electron chi connectivity index (χ1n) is 5.15. The average Bonchev–Trinajstić information content (AvgIpc) is 2.97. The molecule has 76 valence electrons. The Hall–Kier alpha value is -1.32. The molecule has 1 aliphatic rings. The van der Waals surface area contributed by atoms with Crippen LogP contribution >= 0.6 is 0 Å². The fourth-order valence-corrected chi connectivity index (χ4v) is 1.62. The van der Waals surface area contributed by atoms with Crippen molar-refractivity contribution in [2.75, 3.05) is 17.2 Å². The third-order valence-corrected chi connectivity index (χ3v) is 2.39. The number of rotatable bonds is 4. The number of aromatic nitrogens is 2. The molecular formula is C10H16N4. The molecule has 0 amide bonds. The lowest BCUT2D eigenvalue weighted by Crippen LogP contribution is -2.27. The molecule has 1 aliphatic carbocycles. The minimum atomic E-state index is 0.504. The molecule has 2 N–H and O–H groups in total. The Bertz CT molecular complexity index is 309. The van der Waals surface area contributed by atoms with Crippen molar-refractivity contribution in [2.45, 2.75) is 32.2 Å². The Morgan fingerprint density at radius 3 is 2.86 bits per heavy atom. The van der Waals surface area contributed by atoms with Crippen LogP contribution < -0.4 is 10.6 Å².